The van der Waals surface area contributed by atoms with E-state index in [1.165, 1.54) is 11.6 Å². The summed E-state index contributed by atoms with van der Waals surface area (Å²) >= 11 is 0. The Labute approximate surface area is 178 Å². The minimum Gasteiger partial charge on any atom is -0.356 e. The Hall–Kier alpha value is -4.12. The number of aryl methyl sites for hydroxylation is 1. The monoisotopic (exact) mass is 414 g/mol. The van der Waals surface area contributed by atoms with Crippen molar-refractivity contribution in [2.45, 2.75) is 13.5 Å². The summed E-state index contributed by atoms with van der Waals surface area (Å²) in [4.78, 5) is 29.7. The summed E-state index contributed by atoms with van der Waals surface area (Å²) in [5.74, 6) is 0.548. The maximum absolute atomic E-state index is 12.9. The SMILES string of the molecule is CCNc1nc2c(c(=O)n(C)c(=O)n2C)n1Cc1ccc(-c2ccc(C#N)cc2)cc1. The van der Waals surface area contributed by atoms with E-state index in [0.29, 0.717) is 35.8 Å². The summed E-state index contributed by atoms with van der Waals surface area (Å²) in [6, 6.07) is 17.6. The van der Waals surface area contributed by atoms with Crippen molar-refractivity contribution in [1.82, 2.24) is 18.7 Å². The lowest BCUT2D eigenvalue weighted by Gasteiger charge is -2.11. The molecule has 156 valence electrons. The molecule has 0 amide bonds. The molecule has 0 saturated carbocycles. The molecule has 2 aromatic heterocycles. The highest BCUT2D eigenvalue weighted by Crippen LogP contribution is 2.22. The van der Waals surface area contributed by atoms with Gasteiger partial charge in [-0.25, -0.2) is 4.79 Å². The van der Waals surface area contributed by atoms with E-state index in [1.807, 2.05) is 47.9 Å². The van der Waals surface area contributed by atoms with Gasteiger partial charge in [0.15, 0.2) is 11.2 Å². The van der Waals surface area contributed by atoms with E-state index in [2.05, 4.69) is 16.4 Å². The molecule has 4 rings (SSSR count). The number of fused-ring (bicyclic) bond motifs is 1. The van der Waals surface area contributed by atoms with Gasteiger partial charge in [0.2, 0.25) is 5.95 Å². The first kappa shape index (κ1) is 20.2. The third-order valence-electron chi connectivity index (χ3n) is 5.32. The van der Waals surface area contributed by atoms with Gasteiger partial charge in [-0.2, -0.15) is 10.2 Å². The second-order valence-electron chi connectivity index (χ2n) is 7.32. The fraction of sp³-hybridized carbons (Fsp3) is 0.217. The molecular weight excluding hydrogens is 392 g/mol. The number of nitrogens with zero attached hydrogens (tertiary/aromatic N) is 5. The van der Waals surface area contributed by atoms with Crippen LogP contribution in [0.25, 0.3) is 22.3 Å². The van der Waals surface area contributed by atoms with Crippen LogP contribution in [-0.2, 0) is 20.6 Å². The van der Waals surface area contributed by atoms with Gasteiger partial charge in [-0.05, 0) is 35.7 Å². The van der Waals surface area contributed by atoms with Crippen molar-refractivity contribution < 1.29 is 0 Å². The van der Waals surface area contributed by atoms with E-state index in [9.17, 15) is 9.59 Å². The number of nitrogens with one attached hydrogen (secondary N) is 1. The Morgan fingerprint density at radius 1 is 0.968 bits per heavy atom. The molecule has 0 spiro atoms. The Balaban J connectivity index is 1.75. The van der Waals surface area contributed by atoms with Crippen LogP contribution >= 0.6 is 0 Å². The lowest BCUT2D eigenvalue weighted by molar-refractivity contribution is 0.702. The lowest BCUT2D eigenvalue weighted by atomic mass is 10.0. The second kappa shape index (κ2) is 7.95. The average Bonchev–Trinajstić information content (AvgIpc) is 3.15. The molecule has 31 heavy (non-hydrogen) atoms. The molecular formula is C23H22N6O2. The molecule has 0 fully saturated rings. The summed E-state index contributed by atoms with van der Waals surface area (Å²) in [5.41, 5.74) is 3.65. The van der Waals surface area contributed by atoms with Crippen LogP contribution in [-0.4, -0.2) is 25.2 Å². The van der Waals surface area contributed by atoms with Gasteiger partial charge in [0.05, 0.1) is 18.2 Å². The zero-order valence-electron chi connectivity index (χ0n) is 17.6. The van der Waals surface area contributed by atoms with E-state index in [1.54, 1.807) is 19.2 Å². The summed E-state index contributed by atoms with van der Waals surface area (Å²) in [6.45, 7) is 3.02. The Kier molecular flexibility index (Phi) is 5.17. The highest BCUT2D eigenvalue weighted by molar-refractivity contribution is 5.74. The van der Waals surface area contributed by atoms with Crippen molar-refractivity contribution in [3.05, 3.63) is 80.5 Å². The quantitative estimate of drug-likeness (QED) is 0.541. The molecule has 2 aromatic carbocycles. The minimum atomic E-state index is -0.406. The summed E-state index contributed by atoms with van der Waals surface area (Å²) in [6.07, 6.45) is 0. The third kappa shape index (κ3) is 3.51. The van der Waals surface area contributed by atoms with Gasteiger partial charge in [-0.1, -0.05) is 36.4 Å². The topological polar surface area (TPSA) is 97.6 Å². The molecule has 0 radical (unpaired) electrons. The number of benzene rings is 2. The Morgan fingerprint density at radius 2 is 1.58 bits per heavy atom. The Bertz CT molecular complexity index is 1420. The van der Waals surface area contributed by atoms with Crippen LogP contribution in [0.2, 0.25) is 0 Å². The predicted octanol–water partition coefficient (Wildman–Crippen LogP) is 2.45. The number of imidazole rings is 1. The van der Waals surface area contributed by atoms with E-state index in [0.717, 1.165) is 21.3 Å². The third-order valence-corrected chi connectivity index (χ3v) is 5.32. The highest BCUT2D eigenvalue weighted by Gasteiger charge is 2.19. The molecule has 0 unspecified atom stereocenters. The van der Waals surface area contributed by atoms with E-state index >= 15 is 0 Å². The number of nitriles is 1. The van der Waals surface area contributed by atoms with Crippen LogP contribution < -0.4 is 16.6 Å². The molecule has 4 aromatic rings. The fourth-order valence-electron chi connectivity index (χ4n) is 3.62. The van der Waals surface area contributed by atoms with Crippen molar-refractivity contribution in [1.29, 1.82) is 5.26 Å². The number of rotatable bonds is 5. The summed E-state index contributed by atoms with van der Waals surface area (Å²) in [7, 11) is 3.09. The zero-order valence-corrected chi connectivity index (χ0v) is 17.6. The van der Waals surface area contributed by atoms with Gasteiger partial charge in [-0.3, -0.25) is 18.5 Å². The van der Waals surface area contributed by atoms with Crippen LogP contribution in [0.5, 0.6) is 0 Å². The van der Waals surface area contributed by atoms with Crippen molar-refractivity contribution >= 4 is 17.1 Å². The molecule has 0 aliphatic carbocycles. The first-order valence-electron chi connectivity index (χ1n) is 9.94. The molecule has 8 nitrogen and oxygen atoms in total. The number of anilines is 1. The van der Waals surface area contributed by atoms with Crippen molar-refractivity contribution in [3.8, 4) is 17.2 Å². The minimum absolute atomic E-state index is 0.359. The van der Waals surface area contributed by atoms with E-state index in [4.69, 9.17) is 5.26 Å². The number of aromatic nitrogens is 4. The molecule has 0 aliphatic rings. The van der Waals surface area contributed by atoms with Crippen molar-refractivity contribution in [2.75, 3.05) is 11.9 Å². The molecule has 0 atom stereocenters. The predicted molar refractivity (Wildman–Crippen MR) is 120 cm³/mol. The lowest BCUT2D eigenvalue weighted by Crippen LogP contribution is -2.37. The molecule has 0 aliphatic heterocycles. The summed E-state index contributed by atoms with van der Waals surface area (Å²) in [5, 5.41) is 12.1. The van der Waals surface area contributed by atoms with Gasteiger partial charge >= 0.3 is 5.69 Å². The van der Waals surface area contributed by atoms with Crippen LogP contribution in [0, 0.1) is 11.3 Å². The normalized spacial score (nSPS) is 10.9. The molecule has 8 heteroatoms. The van der Waals surface area contributed by atoms with Crippen LogP contribution in [0.15, 0.2) is 58.1 Å². The average molecular weight is 414 g/mol. The van der Waals surface area contributed by atoms with Gasteiger partial charge < -0.3 is 5.32 Å². The first-order valence-corrected chi connectivity index (χ1v) is 9.94. The maximum atomic E-state index is 12.9. The smallest absolute Gasteiger partial charge is 0.332 e. The van der Waals surface area contributed by atoms with Crippen LogP contribution in [0.3, 0.4) is 0 Å². The fourth-order valence-corrected chi connectivity index (χ4v) is 3.62. The van der Waals surface area contributed by atoms with Crippen LogP contribution in [0.1, 0.15) is 18.1 Å². The van der Waals surface area contributed by atoms with Crippen molar-refractivity contribution in [2.24, 2.45) is 14.1 Å². The van der Waals surface area contributed by atoms with E-state index in [-0.39, 0.29) is 5.56 Å². The van der Waals surface area contributed by atoms with Crippen LogP contribution in [0.4, 0.5) is 5.95 Å². The molecule has 0 bridgehead atoms. The van der Waals surface area contributed by atoms with E-state index < -0.39 is 5.69 Å². The number of hydrogen-bond donors (Lipinski definition) is 1. The Morgan fingerprint density at radius 3 is 2.16 bits per heavy atom. The number of hydrogen-bond acceptors (Lipinski definition) is 5. The molecule has 2 heterocycles. The summed E-state index contributed by atoms with van der Waals surface area (Å²) < 4.78 is 4.31. The molecule has 0 saturated heterocycles. The zero-order chi connectivity index (χ0) is 22.1. The largest absolute Gasteiger partial charge is 0.356 e. The van der Waals surface area contributed by atoms with Gasteiger partial charge in [0.25, 0.3) is 5.56 Å². The first-order chi connectivity index (χ1) is 14.9. The maximum Gasteiger partial charge on any atom is 0.332 e. The van der Waals surface area contributed by atoms with Gasteiger partial charge in [0, 0.05) is 20.6 Å². The van der Waals surface area contributed by atoms with Gasteiger partial charge in [0.1, 0.15) is 0 Å². The van der Waals surface area contributed by atoms with Gasteiger partial charge in [-0.15, -0.1) is 0 Å². The standard InChI is InChI=1S/C23H22N6O2/c1-4-25-22-26-20-19(21(30)28(3)23(31)27(20)2)29(22)14-16-7-11-18(12-8-16)17-9-5-15(13-24)6-10-17/h5-12H,4,14H2,1-3H3,(H,25,26). The second-order valence-corrected chi connectivity index (χ2v) is 7.32. The highest BCUT2D eigenvalue weighted by atomic mass is 16.2. The molecule has 1 N–H and O–H groups in total. The van der Waals surface area contributed by atoms with Crippen molar-refractivity contribution in [3.63, 3.8) is 0 Å².